The lowest BCUT2D eigenvalue weighted by molar-refractivity contribution is -0.612. The molecule has 0 radical (unpaired) electrons. The zero-order valence-corrected chi connectivity index (χ0v) is 9.38. The van der Waals surface area contributed by atoms with Crippen LogP contribution in [0.4, 0.5) is 11.4 Å². The number of nitro groups is 1. The van der Waals surface area contributed by atoms with Crippen molar-refractivity contribution in [3.05, 3.63) is 33.3 Å². The highest BCUT2D eigenvalue weighted by atomic mass is 16.6. The van der Waals surface area contributed by atoms with Crippen molar-refractivity contribution in [1.82, 2.24) is 0 Å². The van der Waals surface area contributed by atoms with Gasteiger partial charge in [0.1, 0.15) is 0 Å². The SMILES string of the molecule is Cc1c(NC[C@@H]2CCO2)c([N+](=O)[O-])cc[n+]1[O-]. The van der Waals surface area contributed by atoms with Crippen LogP contribution in [0.2, 0.25) is 0 Å². The number of hydrogen-bond acceptors (Lipinski definition) is 5. The molecule has 2 rings (SSSR count). The van der Waals surface area contributed by atoms with Gasteiger partial charge in [-0.05, 0) is 6.42 Å². The summed E-state index contributed by atoms with van der Waals surface area (Å²) in [6, 6.07) is 1.20. The third-order valence-corrected chi connectivity index (χ3v) is 2.81. The molecule has 1 fully saturated rings. The Morgan fingerprint density at radius 2 is 2.41 bits per heavy atom. The highest BCUT2D eigenvalue weighted by Crippen LogP contribution is 2.25. The van der Waals surface area contributed by atoms with Crippen molar-refractivity contribution in [1.29, 1.82) is 0 Å². The van der Waals surface area contributed by atoms with Crippen LogP contribution in [0.3, 0.4) is 0 Å². The maximum Gasteiger partial charge on any atom is 0.304 e. The third kappa shape index (κ3) is 2.28. The first-order valence-electron chi connectivity index (χ1n) is 5.32. The van der Waals surface area contributed by atoms with Crippen LogP contribution in [-0.4, -0.2) is 24.2 Å². The Labute approximate surface area is 97.7 Å². The van der Waals surface area contributed by atoms with E-state index < -0.39 is 4.92 Å². The van der Waals surface area contributed by atoms with Gasteiger partial charge < -0.3 is 15.3 Å². The van der Waals surface area contributed by atoms with Gasteiger partial charge in [0.05, 0.1) is 17.1 Å². The lowest BCUT2D eigenvalue weighted by Gasteiger charge is -2.26. The highest BCUT2D eigenvalue weighted by Gasteiger charge is 2.24. The molecule has 1 saturated heterocycles. The average Bonchev–Trinajstić information content (AvgIpc) is 2.21. The summed E-state index contributed by atoms with van der Waals surface area (Å²) in [6.45, 7) is 2.75. The van der Waals surface area contributed by atoms with Gasteiger partial charge >= 0.3 is 5.69 Å². The van der Waals surface area contributed by atoms with Gasteiger partial charge in [0.15, 0.2) is 11.9 Å². The maximum absolute atomic E-state index is 11.4. The summed E-state index contributed by atoms with van der Waals surface area (Å²) in [5, 5.41) is 25.1. The van der Waals surface area contributed by atoms with E-state index in [0.717, 1.165) is 19.2 Å². The van der Waals surface area contributed by atoms with E-state index in [1.807, 2.05) is 0 Å². The molecule has 92 valence electrons. The fraction of sp³-hybridized carbons (Fsp3) is 0.500. The molecule has 7 nitrogen and oxygen atoms in total. The van der Waals surface area contributed by atoms with Crippen LogP contribution in [0.15, 0.2) is 12.3 Å². The number of rotatable bonds is 4. The van der Waals surface area contributed by atoms with Crippen LogP contribution in [0.25, 0.3) is 0 Å². The molecular weight excluding hydrogens is 226 g/mol. The number of nitrogens with one attached hydrogen (secondary N) is 1. The van der Waals surface area contributed by atoms with Gasteiger partial charge in [-0.1, -0.05) is 0 Å². The van der Waals surface area contributed by atoms with Gasteiger partial charge in [-0.25, -0.2) is 0 Å². The van der Waals surface area contributed by atoms with Crippen molar-refractivity contribution in [2.45, 2.75) is 19.4 Å². The zero-order valence-electron chi connectivity index (χ0n) is 9.38. The van der Waals surface area contributed by atoms with Crippen molar-refractivity contribution in [2.24, 2.45) is 0 Å². The van der Waals surface area contributed by atoms with Crippen LogP contribution in [0, 0.1) is 22.2 Å². The van der Waals surface area contributed by atoms with E-state index in [0.29, 0.717) is 17.0 Å². The van der Waals surface area contributed by atoms with E-state index in [-0.39, 0.29) is 17.5 Å². The quantitative estimate of drug-likeness (QED) is 0.362. The second-order valence-corrected chi connectivity index (χ2v) is 3.91. The fourth-order valence-electron chi connectivity index (χ4n) is 1.66. The molecule has 2 heterocycles. The Morgan fingerprint density at radius 1 is 1.71 bits per heavy atom. The van der Waals surface area contributed by atoms with Gasteiger partial charge in [-0.3, -0.25) is 10.1 Å². The standard InChI is InChI=1S/C10H13N3O4/c1-7-10(11-6-8-3-5-17-8)9(13(15)16)2-4-12(7)14/h2,4,8,11H,3,5-6H2,1H3/t8-/m0/s1. The molecule has 1 atom stereocenters. The molecule has 0 aromatic carbocycles. The van der Waals surface area contributed by atoms with E-state index in [1.54, 1.807) is 6.92 Å². The maximum atomic E-state index is 11.4. The summed E-state index contributed by atoms with van der Waals surface area (Å²) in [6.07, 6.45) is 2.15. The van der Waals surface area contributed by atoms with Crippen molar-refractivity contribution in [3.63, 3.8) is 0 Å². The van der Waals surface area contributed by atoms with Gasteiger partial charge in [-0.15, -0.1) is 0 Å². The summed E-state index contributed by atoms with van der Waals surface area (Å²) in [7, 11) is 0. The largest absolute Gasteiger partial charge is 0.618 e. The minimum Gasteiger partial charge on any atom is -0.618 e. The second-order valence-electron chi connectivity index (χ2n) is 3.91. The summed E-state index contributed by atoms with van der Waals surface area (Å²) < 4.78 is 5.81. The van der Waals surface area contributed by atoms with Crippen molar-refractivity contribution in [3.8, 4) is 0 Å². The number of hydrogen-bond donors (Lipinski definition) is 1. The summed E-state index contributed by atoms with van der Waals surface area (Å²) in [5.41, 5.74) is 0.468. The monoisotopic (exact) mass is 239 g/mol. The molecule has 1 aliphatic rings. The molecule has 0 saturated carbocycles. The van der Waals surface area contributed by atoms with Crippen molar-refractivity contribution in [2.75, 3.05) is 18.5 Å². The molecule has 7 heteroatoms. The molecule has 0 amide bonds. The van der Waals surface area contributed by atoms with Gasteiger partial charge in [0, 0.05) is 20.1 Å². The minimum absolute atomic E-state index is 0.0781. The normalized spacial score (nSPS) is 18.5. The molecule has 0 aliphatic carbocycles. The van der Waals surface area contributed by atoms with E-state index in [9.17, 15) is 15.3 Å². The first-order chi connectivity index (χ1) is 8.09. The predicted molar refractivity (Wildman–Crippen MR) is 59.6 cm³/mol. The molecule has 0 bridgehead atoms. The van der Waals surface area contributed by atoms with Gasteiger partial charge in [-0.2, -0.15) is 4.73 Å². The Hall–Kier alpha value is -1.89. The number of aromatic nitrogens is 1. The van der Waals surface area contributed by atoms with E-state index >= 15 is 0 Å². The lowest BCUT2D eigenvalue weighted by atomic mass is 10.2. The Morgan fingerprint density at radius 3 is 2.94 bits per heavy atom. The number of ether oxygens (including phenoxy) is 1. The lowest BCUT2D eigenvalue weighted by Crippen LogP contribution is -2.35. The molecule has 1 N–H and O–H groups in total. The molecule has 17 heavy (non-hydrogen) atoms. The average molecular weight is 239 g/mol. The number of pyridine rings is 1. The van der Waals surface area contributed by atoms with Gasteiger partial charge in [0.2, 0.25) is 5.69 Å². The Kier molecular flexibility index (Phi) is 3.10. The Balaban J connectivity index is 2.21. The molecule has 0 spiro atoms. The van der Waals surface area contributed by atoms with Crippen molar-refractivity contribution >= 4 is 11.4 Å². The topological polar surface area (TPSA) is 91.3 Å². The fourth-order valence-corrected chi connectivity index (χ4v) is 1.66. The summed E-state index contributed by atoms with van der Waals surface area (Å²) >= 11 is 0. The molecular formula is C10H13N3O4. The molecule has 1 aromatic rings. The predicted octanol–water partition coefficient (Wildman–Crippen LogP) is 0.737. The molecule has 0 unspecified atom stereocenters. The highest BCUT2D eigenvalue weighted by molar-refractivity contribution is 5.62. The van der Waals surface area contributed by atoms with Crippen molar-refractivity contribution < 1.29 is 14.4 Å². The van der Waals surface area contributed by atoms with Crippen LogP contribution < -0.4 is 10.0 Å². The Bertz CT molecular complexity index is 445. The smallest absolute Gasteiger partial charge is 0.304 e. The first-order valence-corrected chi connectivity index (χ1v) is 5.32. The van der Waals surface area contributed by atoms with E-state index in [2.05, 4.69) is 5.32 Å². The molecule has 1 aromatic heterocycles. The van der Waals surface area contributed by atoms with Crippen LogP contribution in [0.5, 0.6) is 0 Å². The summed E-state index contributed by atoms with van der Waals surface area (Å²) in [5.74, 6) is 0. The van der Waals surface area contributed by atoms with Crippen LogP contribution in [-0.2, 0) is 4.74 Å². The second kappa shape index (κ2) is 4.54. The van der Waals surface area contributed by atoms with Crippen LogP contribution in [0.1, 0.15) is 12.1 Å². The third-order valence-electron chi connectivity index (χ3n) is 2.81. The van der Waals surface area contributed by atoms with Crippen LogP contribution >= 0.6 is 0 Å². The molecule has 1 aliphatic heterocycles. The summed E-state index contributed by atoms with van der Waals surface area (Å²) in [4.78, 5) is 10.3. The number of nitrogens with zero attached hydrogens (tertiary/aromatic N) is 2. The van der Waals surface area contributed by atoms with E-state index in [1.165, 1.54) is 6.07 Å². The van der Waals surface area contributed by atoms with Gasteiger partial charge in [0.25, 0.3) is 0 Å². The number of anilines is 1. The minimum atomic E-state index is -0.503. The first kappa shape index (κ1) is 11.6. The van der Waals surface area contributed by atoms with E-state index in [4.69, 9.17) is 4.74 Å². The zero-order chi connectivity index (χ0) is 12.4.